The summed E-state index contributed by atoms with van der Waals surface area (Å²) in [5, 5.41) is 0. The molecule has 0 aliphatic carbocycles. The van der Waals surface area contributed by atoms with Crippen LogP contribution in [0.25, 0.3) is 0 Å². The van der Waals surface area contributed by atoms with Gasteiger partial charge >= 0.3 is 39.3 Å². The van der Waals surface area contributed by atoms with Crippen LogP contribution < -0.4 is 5.73 Å². The van der Waals surface area contributed by atoms with Crippen molar-refractivity contribution in [2.45, 2.75) is 19.8 Å². The summed E-state index contributed by atoms with van der Waals surface area (Å²) < 4.78 is 0. The second kappa shape index (κ2) is 10.8. The van der Waals surface area contributed by atoms with Crippen molar-refractivity contribution in [1.29, 1.82) is 0 Å². The molecule has 3 aromatic carbocycles. The van der Waals surface area contributed by atoms with Gasteiger partial charge in [0, 0.05) is 11.5 Å². The van der Waals surface area contributed by atoms with E-state index in [1.165, 1.54) is 27.6 Å². The third kappa shape index (κ3) is 5.78. The number of carbonyl (C=O) groups excluding carboxylic acids is 1. The molecular weight excluding hydrogens is 513 g/mol. The number of nitrogens with two attached hydrogens (primary N) is 1. The van der Waals surface area contributed by atoms with Gasteiger partial charge in [0.25, 0.3) is 0 Å². The van der Waals surface area contributed by atoms with Gasteiger partial charge in [-0.25, -0.2) is 0 Å². The Kier molecular flexibility index (Phi) is 8.75. The first kappa shape index (κ1) is 21.9. The van der Waals surface area contributed by atoms with E-state index in [1.54, 1.807) is 6.07 Å². The fraction of sp³-hybridized carbons (Fsp3) is 0.136. The molecule has 0 bridgehead atoms. The van der Waals surface area contributed by atoms with E-state index in [2.05, 4.69) is 72.6 Å². The molecule has 0 saturated heterocycles. The zero-order chi connectivity index (χ0) is 19.8. The number of hydrogen-bond donors (Lipinski definition) is 1. The van der Waals surface area contributed by atoms with Crippen molar-refractivity contribution in [3.05, 3.63) is 106 Å². The number of halogens is 2. The average molecular weight is 534 g/mol. The molecule has 1 unspecified atom stereocenters. The number of rotatable bonds is 4. The van der Waals surface area contributed by atoms with E-state index < -0.39 is 5.91 Å². The average Bonchev–Trinajstić information content (AvgIpc) is 2.65. The van der Waals surface area contributed by atoms with Gasteiger partial charge in [0.1, 0.15) is 0 Å². The fourth-order valence-electron chi connectivity index (χ4n) is 3.29. The second-order valence-corrected chi connectivity index (χ2v) is 11.2. The first-order valence-electron chi connectivity index (χ1n) is 8.32. The third-order valence-electron chi connectivity index (χ3n) is 4.41. The van der Waals surface area contributed by atoms with Gasteiger partial charge in [-0.3, -0.25) is 4.79 Å². The monoisotopic (exact) mass is 531 g/mol. The zero-order valence-electron chi connectivity index (χ0n) is 15.1. The number of aryl methyl sites for hydroxylation is 2. The molecule has 3 aromatic rings. The molecule has 1 atom stereocenters. The Bertz CT molecular complexity index is 900. The molecule has 144 valence electrons. The first-order valence-corrected chi connectivity index (χ1v) is 13.2. The first-order chi connectivity index (χ1) is 13.0. The van der Waals surface area contributed by atoms with E-state index in [4.69, 9.17) is 5.73 Å². The number of carbonyl (C=O) groups is 1. The molecule has 3 rings (SSSR count). The third-order valence-corrected chi connectivity index (χ3v) is 4.41. The predicted octanol–water partition coefficient (Wildman–Crippen LogP) is 6.27. The SMILES string of the molecule is Cc1ccc(C(c2ccccc2)c2ccccc2C(N)=O)c(C)c1.[Br][Ni][Br]. The second-order valence-electron chi connectivity index (χ2n) is 6.20. The molecule has 2 N–H and O–H groups in total. The Balaban J connectivity index is 0.000000817. The Labute approximate surface area is 180 Å². The summed E-state index contributed by atoms with van der Waals surface area (Å²) in [5.74, 6) is -0.410. The molecule has 5 heteroatoms. The molecule has 0 aliphatic rings. The Morgan fingerprint density at radius 1 is 0.889 bits per heavy atom. The van der Waals surface area contributed by atoms with Crippen LogP contribution in [0.2, 0.25) is 0 Å². The molecule has 1 amide bonds. The molecule has 0 aromatic heterocycles. The summed E-state index contributed by atoms with van der Waals surface area (Å²) >= 11 is 6.00. The Morgan fingerprint density at radius 2 is 1.48 bits per heavy atom. The van der Waals surface area contributed by atoms with E-state index in [0.717, 1.165) is 11.1 Å². The van der Waals surface area contributed by atoms with E-state index in [-0.39, 0.29) is 5.92 Å². The minimum atomic E-state index is -0.392. The van der Waals surface area contributed by atoms with Crippen molar-refractivity contribution in [3.63, 3.8) is 0 Å². The van der Waals surface area contributed by atoms with E-state index in [1.807, 2.05) is 36.4 Å². The predicted molar refractivity (Wildman–Crippen MR) is 116 cm³/mol. The molecule has 0 saturated carbocycles. The Hall–Kier alpha value is -1.42. The van der Waals surface area contributed by atoms with Crippen LogP contribution in [0, 0.1) is 13.8 Å². The molecule has 27 heavy (non-hydrogen) atoms. The summed E-state index contributed by atoms with van der Waals surface area (Å²) in [7, 11) is 1.25. The fourth-order valence-corrected chi connectivity index (χ4v) is 3.29. The number of primary amides is 1. The van der Waals surface area contributed by atoms with Crippen LogP contribution in [0.4, 0.5) is 0 Å². The summed E-state index contributed by atoms with van der Waals surface area (Å²) in [6, 6.07) is 24.3. The van der Waals surface area contributed by atoms with Crippen molar-refractivity contribution in [2.75, 3.05) is 0 Å². The normalized spacial score (nSPS) is 11.4. The van der Waals surface area contributed by atoms with Gasteiger partial charge in [-0.05, 0) is 42.2 Å². The zero-order valence-corrected chi connectivity index (χ0v) is 19.2. The van der Waals surface area contributed by atoms with Crippen molar-refractivity contribution >= 4 is 34.4 Å². The van der Waals surface area contributed by atoms with E-state index in [9.17, 15) is 4.79 Å². The molecule has 2 nitrogen and oxygen atoms in total. The van der Waals surface area contributed by atoms with Gasteiger partial charge in [-0.15, -0.1) is 0 Å². The Morgan fingerprint density at radius 3 is 2.07 bits per heavy atom. The molecule has 0 heterocycles. The molecule has 0 spiro atoms. The van der Waals surface area contributed by atoms with Gasteiger partial charge in [-0.1, -0.05) is 72.3 Å². The minimum absolute atomic E-state index is 0.0181. The maximum atomic E-state index is 12.0. The van der Waals surface area contributed by atoms with Crippen LogP contribution in [0.5, 0.6) is 0 Å². The summed E-state index contributed by atoms with van der Waals surface area (Å²) in [6.07, 6.45) is 0. The summed E-state index contributed by atoms with van der Waals surface area (Å²) in [6.45, 7) is 4.21. The molecule has 0 fully saturated rings. The number of hydrogen-bond acceptors (Lipinski definition) is 1. The number of benzene rings is 3. The van der Waals surface area contributed by atoms with Crippen LogP contribution >= 0.6 is 28.5 Å². The van der Waals surface area contributed by atoms with Crippen LogP contribution in [-0.4, -0.2) is 5.91 Å². The molecular formula is C22H21Br2NNiO. The topological polar surface area (TPSA) is 43.1 Å². The van der Waals surface area contributed by atoms with Gasteiger partial charge in [0.2, 0.25) is 5.91 Å². The van der Waals surface area contributed by atoms with Crippen molar-refractivity contribution in [1.82, 2.24) is 0 Å². The number of amides is 1. The van der Waals surface area contributed by atoms with Crippen LogP contribution in [-0.2, 0) is 10.9 Å². The van der Waals surface area contributed by atoms with Gasteiger partial charge in [0.15, 0.2) is 0 Å². The van der Waals surface area contributed by atoms with Crippen molar-refractivity contribution < 1.29 is 15.7 Å². The van der Waals surface area contributed by atoms with Gasteiger partial charge < -0.3 is 5.73 Å². The van der Waals surface area contributed by atoms with Crippen LogP contribution in [0.3, 0.4) is 0 Å². The van der Waals surface area contributed by atoms with Crippen molar-refractivity contribution in [3.8, 4) is 0 Å². The van der Waals surface area contributed by atoms with Crippen LogP contribution in [0.1, 0.15) is 44.1 Å². The molecule has 0 aliphatic heterocycles. The van der Waals surface area contributed by atoms with Gasteiger partial charge in [0.05, 0.1) is 0 Å². The van der Waals surface area contributed by atoms with E-state index in [0.29, 0.717) is 5.56 Å². The molecule has 0 radical (unpaired) electrons. The van der Waals surface area contributed by atoms with Crippen LogP contribution in [0.15, 0.2) is 72.8 Å². The standard InChI is InChI=1S/C22H21NO.2BrH.Ni/c1-15-12-13-18(16(2)14-15)21(17-8-4-3-5-9-17)19-10-6-7-11-20(19)22(23)24;;;/h3-14,21H,1-2H3,(H2,23,24);2*1H;/q;;;+2/p-2. The van der Waals surface area contributed by atoms with Crippen molar-refractivity contribution in [2.24, 2.45) is 5.73 Å². The van der Waals surface area contributed by atoms with E-state index >= 15 is 0 Å². The van der Waals surface area contributed by atoms with Gasteiger partial charge in [-0.2, -0.15) is 0 Å². The maximum absolute atomic E-state index is 12.0. The summed E-state index contributed by atoms with van der Waals surface area (Å²) in [5.41, 5.74) is 11.9. The summed E-state index contributed by atoms with van der Waals surface area (Å²) in [4.78, 5) is 12.0. The quantitative estimate of drug-likeness (QED) is 0.312.